The third kappa shape index (κ3) is 3.08. The van der Waals surface area contributed by atoms with Crippen LogP contribution in [-0.4, -0.2) is 17.0 Å². The van der Waals surface area contributed by atoms with Crippen LogP contribution >= 0.6 is 0 Å². The van der Waals surface area contributed by atoms with E-state index in [1.54, 1.807) is 30.3 Å². The standard InChI is InChI=1S/C18H17N3O2/c19-18(20)21-17(23)13-8-7-11-3-2-6-15(16(11)10-13)12-4-1-5-14(22)9-12/h1,4-10,22H,2-3H2,(H4,19,20,21,23). The average molecular weight is 307 g/mol. The number of hydrogen-bond donors (Lipinski definition) is 3. The largest absolute Gasteiger partial charge is 0.508 e. The van der Waals surface area contributed by atoms with Gasteiger partial charge in [-0.05, 0) is 59.4 Å². The third-order valence-corrected chi connectivity index (χ3v) is 3.80. The van der Waals surface area contributed by atoms with Crippen LogP contribution in [0.5, 0.6) is 5.75 Å². The van der Waals surface area contributed by atoms with Crippen LogP contribution in [0.3, 0.4) is 0 Å². The van der Waals surface area contributed by atoms with Gasteiger partial charge in [-0.1, -0.05) is 24.3 Å². The van der Waals surface area contributed by atoms with E-state index in [2.05, 4.69) is 11.1 Å². The quantitative estimate of drug-likeness (QED) is 0.584. The van der Waals surface area contributed by atoms with Crippen LogP contribution < -0.4 is 11.5 Å². The molecule has 0 radical (unpaired) electrons. The van der Waals surface area contributed by atoms with Crippen LogP contribution in [0.2, 0.25) is 0 Å². The molecule has 5 N–H and O–H groups in total. The summed E-state index contributed by atoms with van der Waals surface area (Å²) >= 11 is 0. The molecule has 116 valence electrons. The molecule has 0 aromatic heterocycles. The number of carbonyl (C=O) groups is 1. The molecule has 0 atom stereocenters. The zero-order valence-corrected chi connectivity index (χ0v) is 12.5. The molecule has 1 amide bonds. The van der Waals surface area contributed by atoms with Gasteiger partial charge < -0.3 is 16.6 Å². The summed E-state index contributed by atoms with van der Waals surface area (Å²) in [6.45, 7) is 0. The van der Waals surface area contributed by atoms with Crippen molar-refractivity contribution >= 4 is 17.4 Å². The van der Waals surface area contributed by atoms with Crippen molar-refractivity contribution in [3.8, 4) is 5.75 Å². The molecule has 0 aliphatic heterocycles. The lowest BCUT2D eigenvalue weighted by atomic mass is 9.86. The maximum atomic E-state index is 12.0. The van der Waals surface area contributed by atoms with Gasteiger partial charge in [0.05, 0.1) is 0 Å². The second-order valence-electron chi connectivity index (χ2n) is 5.42. The molecular formula is C18H17N3O2. The summed E-state index contributed by atoms with van der Waals surface area (Å²) in [6, 6.07) is 12.6. The number of amides is 1. The first-order valence-corrected chi connectivity index (χ1v) is 7.31. The summed E-state index contributed by atoms with van der Waals surface area (Å²) in [7, 11) is 0. The first-order chi connectivity index (χ1) is 11.0. The molecule has 3 rings (SSSR count). The molecule has 5 nitrogen and oxygen atoms in total. The number of carbonyl (C=O) groups excluding carboxylic acids is 1. The normalized spacial score (nSPS) is 13.0. The van der Waals surface area contributed by atoms with Gasteiger partial charge >= 0.3 is 0 Å². The highest BCUT2D eigenvalue weighted by Gasteiger charge is 2.17. The van der Waals surface area contributed by atoms with E-state index in [1.807, 2.05) is 12.1 Å². The van der Waals surface area contributed by atoms with Gasteiger partial charge in [0.15, 0.2) is 5.96 Å². The Kier molecular flexibility index (Phi) is 3.85. The summed E-state index contributed by atoms with van der Waals surface area (Å²) in [5.74, 6) is -0.506. The predicted octanol–water partition coefficient (Wildman–Crippen LogP) is 2.18. The first kappa shape index (κ1) is 14.8. The minimum Gasteiger partial charge on any atom is -0.508 e. The van der Waals surface area contributed by atoms with Crippen LogP contribution in [0.1, 0.15) is 33.5 Å². The van der Waals surface area contributed by atoms with E-state index in [-0.39, 0.29) is 11.7 Å². The molecule has 5 heteroatoms. The number of nitrogens with zero attached hydrogens (tertiary/aromatic N) is 1. The van der Waals surface area contributed by atoms with Crippen molar-refractivity contribution in [2.45, 2.75) is 12.8 Å². The zero-order valence-electron chi connectivity index (χ0n) is 12.5. The molecule has 0 bridgehead atoms. The number of phenolic OH excluding ortho intramolecular Hbond substituents is 1. The number of nitrogens with two attached hydrogens (primary N) is 2. The monoisotopic (exact) mass is 307 g/mol. The summed E-state index contributed by atoms with van der Waals surface area (Å²) in [6.07, 6.45) is 3.94. The Labute approximate surface area is 134 Å². The second kappa shape index (κ2) is 5.96. The van der Waals surface area contributed by atoms with Crippen molar-refractivity contribution < 1.29 is 9.90 Å². The van der Waals surface area contributed by atoms with Crippen molar-refractivity contribution in [1.29, 1.82) is 0 Å². The Balaban J connectivity index is 2.07. The number of allylic oxidation sites excluding steroid dienone is 1. The number of phenols is 1. The van der Waals surface area contributed by atoms with Gasteiger partial charge in [-0.3, -0.25) is 4.79 Å². The molecule has 0 saturated carbocycles. The van der Waals surface area contributed by atoms with Crippen molar-refractivity contribution in [3.63, 3.8) is 0 Å². The van der Waals surface area contributed by atoms with E-state index < -0.39 is 5.91 Å². The predicted molar refractivity (Wildman–Crippen MR) is 90.1 cm³/mol. The van der Waals surface area contributed by atoms with Gasteiger partial charge in [-0.25, -0.2) is 0 Å². The van der Waals surface area contributed by atoms with E-state index >= 15 is 0 Å². The lowest BCUT2D eigenvalue weighted by molar-refractivity contribution is 0.100. The topological polar surface area (TPSA) is 102 Å². The van der Waals surface area contributed by atoms with Gasteiger partial charge in [-0.15, -0.1) is 0 Å². The molecule has 1 aliphatic rings. The molecule has 2 aromatic rings. The fourth-order valence-corrected chi connectivity index (χ4v) is 2.79. The first-order valence-electron chi connectivity index (χ1n) is 7.31. The van der Waals surface area contributed by atoms with E-state index in [9.17, 15) is 9.90 Å². The highest BCUT2D eigenvalue weighted by molar-refractivity contribution is 6.02. The Hall–Kier alpha value is -3.08. The molecule has 0 heterocycles. The Morgan fingerprint density at radius 3 is 2.70 bits per heavy atom. The smallest absolute Gasteiger partial charge is 0.280 e. The van der Waals surface area contributed by atoms with Crippen LogP contribution in [0.15, 0.2) is 53.5 Å². The van der Waals surface area contributed by atoms with Gasteiger partial charge in [0.25, 0.3) is 5.91 Å². The fraction of sp³-hybridized carbons (Fsp3) is 0.111. The second-order valence-corrected chi connectivity index (χ2v) is 5.42. The maximum Gasteiger partial charge on any atom is 0.280 e. The highest BCUT2D eigenvalue weighted by atomic mass is 16.3. The minimum atomic E-state index is -0.464. The molecule has 1 aliphatic carbocycles. The number of hydrogen-bond acceptors (Lipinski definition) is 2. The molecule has 0 saturated heterocycles. The van der Waals surface area contributed by atoms with Crippen molar-refractivity contribution in [2.75, 3.05) is 0 Å². The molecule has 23 heavy (non-hydrogen) atoms. The number of guanidine groups is 1. The zero-order chi connectivity index (χ0) is 16.4. The number of fused-ring (bicyclic) bond motifs is 1. The molecule has 0 spiro atoms. The van der Waals surface area contributed by atoms with Crippen LogP contribution in [-0.2, 0) is 6.42 Å². The highest BCUT2D eigenvalue weighted by Crippen LogP contribution is 2.33. The van der Waals surface area contributed by atoms with Crippen LogP contribution in [0, 0.1) is 0 Å². The van der Waals surface area contributed by atoms with E-state index in [4.69, 9.17) is 11.5 Å². The van der Waals surface area contributed by atoms with Gasteiger partial charge in [0, 0.05) is 5.56 Å². The van der Waals surface area contributed by atoms with Crippen LogP contribution in [0.4, 0.5) is 0 Å². The lowest BCUT2D eigenvalue weighted by Crippen LogP contribution is -2.24. The molecule has 2 aromatic carbocycles. The Bertz CT molecular complexity index is 834. The fourth-order valence-electron chi connectivity index (χ4n) is 2.79. The van der Waals surface area contributed by atoms with E-state index in [1.165, 1.54) is 0 Å². The van der Waals surface area contributed by atoms with Gasteiger partial charge in [-0.2, -0.15) is 4.99 Å². The SMILES string of the molecule is NC(N)=NC(=O)c1ccc2c(c1)C(c1cccc(O)c1)=CCC2. The van der Waals surface area contributed by atoms with Gasteiger partial charge in [0.1, 0.15) is 5.75 Å². The van der Waals surface area contributed by atoms with Crippen LogP contribution in [0.25, 0.3) is 5.57 Å². The summed E-state index contributed by atoms with van der Waals surface area (Å²) in [5.41, 5.74) is 15.0. The van der Waals surface area contributed by atoms with Crippen molar-refractivity contribution in [3.05, 3.63) is 70.8 Å². The number of aryl methyl sites for hydroxylation is 1. The maximum absolute atomic E-state index is 12.0. The summed E-state index contributed by atoms with van der Waals surface area (Å²) < 4.78 is 0. The summed E-state index contributed by atoms with van der Waals surface area (Å²) in [4.78, 5) is 15.6. The molecular weight excluding hydrogens is 290 g/mol. The van der Waals surface area contributed by atoms with Crippen molar-refractivity contribution in [2.24, 2.45) is 16.5 Å². The number of aromatic hydroxyl groups is 1. The van der Waals surface area contributed by atoms with Gasteiger partial charge in [0.2, 0.25) is 0 Å². The minimum absolute atomic E-state index is 0.211. The Morgan fingerprint density at radius 1 is 1.13 bits per heavy atom. The number of rotatable bonds is 2. The molecule has 0 unspecified atom stereocenters. The average Bonchev–Trinajstić information content (AvgIpc) is 2.53. The number of benzene rings is 2. The molecule has 0 fully saturated rings. The van der Waals surface area contributed by atoms with E-state index in [0.29, 0.717) is 5.56 Å². The lowest BCUT2D eigenvalue weighted by Gasteiger charge is -2.19. The Morgan fingerprint density at radius 2 is 1.96 bits per heavy atom. The number of aliphatic imine (C=N–C) groups is 1. The van der Waals surface area contributed by atoms with E-state index in [0.717, 1.165) is 35.1 Å². The van der Waals surface area contributed by atoms with Crippen molar-refractivity contribution in [1.82, 2.24) is 0 Å². The summed E-state index contributed by atoms with van der Waals surface area (Å²) in [5, 5.41) is 9.71. The third-order valence-electron chi connectivity index (χ3n) is 3.80.